The molecule has 0 spiro atoms. The summed E-state index contributed by atoms with van der Waals surface area (Å²) in [6, 6.07) is 24.0. The number of halogens is 2. The molecule has 5 rings (SSSR count). The number of nitrogens with one attached hydrogen (secondary N) is 2. The zero-order valence-electron chi connectivity index (χ0n) is 24.5. The fraction of sp³-hybridized carbons (Fsp3) is 0.0588. The summed E-state index contributed by atoms with van der Waals surface area (Å²) in [5, 5.41) is 21.5. The number of anilines is 2. The van der Waals surface area contributed by atoms with Crippen LogP contribution in [0, 0.1) is 11.6 Å². The summed E-state index contributed by atoms with van der Waals surface area (Å²) < 4.78 is 68.6. The third-order valence-corrected chi connectivity index (χ3v) is 8.30. The summed E-state index contributed by atoms with van der Waals surface area (Å²) in [4.78, 5) is 23.9. The highest BCUT2D eigenvalue weighted by molar-refractivity contribution is 7.92. The second kappa shape index (κ2) is 13.6. The number of aromatic carboxylic acids is 1. The first-order valence-corrected chi connectivity index (χ1v) is 15.3. The zero-order valence-corrected chi connectivity index (χ0v) is 25.3. The van der Waals surface area contributed by atoms with Crippen molar-refractivity contribution in [2.45, 2.75) is 11.5 Å². The Kier molecular flexibility index (Phi) is 9.38. The maximum absolute atomic E-state index is 15.3. The third-order valence-electron chi connectivity index (χ3n) is 6.93. The monoisotopic (exact) mass is 660 g/mol. The highest BCUT2D eigenvalue weighted by Gasteiger charge is 2.22. The predicted molar refractivity (Wildman–Crippen MR) is 169 cm³/mol. The van der Waals surface area contributed by atoms with Crippen LogP contribution in [0.2, 0.25) is 0 Å². The van der Waals surface area contributed by atoms with Crippen molar-refractivity contribution in [2.24, 2.45) is 0 Å². The fourth-order valence-electron chi connectivity index (χ4n) is 4.54. The summed E-state index contributed by atoms with van der Waals surface area (Å²) in [5.74, 6) is -3.92. The number of hydrogen-bond donors (Lipinski definition) is 4. The lowest BCUT2D eigenvalue weighted by molar-refractivity contribution is 0.0692. The largest absolute Gasteiger partial charge is 0.508 e. The number of methoxy groups -OCH3 is 1. The Bertz CT molecular complexity index is 2090. The van der Waals surface area contributed by atoms with Gasteiger partial charge >= 0.3 is 5.97 Å². The average molecular weight is 661 g/mol. The molecule has 0 fully saturated rings. The van der Waals surface area contributed by atoms with Gasteiger partial charge in [0.15, 0.2) is 17.4 Å². The molecule has 0 atom stereocenters. The molecule has 5 aromatic rings. The van der Waals surface area contributed by atoms with E-state index in [1.165, 1.54) is 49.6 Å². The van der Waals surface area contributed by atoms with Crippen LogP contribution in [0.15, 0.2) is 108 Å². The number of phenols is 1. The maximum Gasteiger partial charge on any atom is 0.339 e. The van der Waals surface area contributed by atoms with E-state index in [1.807, 2.05) is 0 Å². The van der Waals surface area contributed by atoms with Crippen molar-refractivity contribution >= 4 is 33.3 Å². The molecule has 0 aliphatic heterocycles. The molecule has 0 bridgehead atoms. The topological polar surface area (TPSA) is 151 Å². The molecule has 0 radical (unpaired) electrons. The second-order valence-electron chi connectivity index (χ2n) is 10.1. The van der Waals surface area contributed by atoms with E-state index in [0.29, 0.717) is 5.56 Å². The summed E-state index contributed by atoms with van der Waals surface area (Å²) in [6.45, 7) is -0.472. The number of aromatic hydroxyl groups is 1. The summed E-state index contributed by atoms with van der Waals surface area (Å²) >= 11 is 0. The molecule has 5 aromatic carbocycles. The molecule has 0 saturated carbocycles. The standard InChI is InChI=1S/C34H26F2N2O8S/c1-45-30-15-13-26(18-27(30)34(41)42)47(43,44)38-29-7-3-6-23(32(29)36)19-46-31-14-10-24(17-28(31)35)37-33(40)22-5-2-4-21(16-22)20-8-11-25(39)12-9-20/h2-18,38-39H,19H2,1H3,(H,37,40)(H,41,42). The smallest absolute Gasteiger partial charge is 0.339 e. The summed E-state index contributed by atoms with van der Waals surface area (Å²) in [5.41, 5.74) is 1.05. The van der Waals surface area contributed by atoms with Crippen LogP contribution in [0.4, 0.5) is 20.2 Å². The number of rotatable bonds is 11. The molecular weight excluding hydrogens is 634 g/mol. The van der Waals surface area contributed by atoms with E-state index in [1.54, 1.807) is 36.4 Å². The minimum Gasteiger partial charge on any atom is -0.508 e. The first-order valence-electron chi connectivity index (χ1n) is 13.8. The van der Waals surface area contributed by atoms with E-state index in [4.69, 9.17) is 9.47 Å². The van der Waals surface area contributed by atoms with Gasteiger partial charge in [-0.3, -0.25) is 9.52 Å². The third kappa shape index (κ3) is 7.48. The van der Waals surface area contributed by atoms with Gasteiger partial charge in [0.25, 0.3) is 15.9 Å². The van der Waals surface area contributed by atoms with E-state index in [2.05, 4.69) is 10.0 Å². The second-order valence-corrected chi connectivity index (χ2v) is 11.7. The molecule has 4 N–H and O–H groups in total. The number of carbonyl (C=O) groups is 2. The van der Waals surface area contributed by atoms with Crippen LogP contribution in [-0.4, -0.2) is 37.6 Å². The molecule has 0 unspecified atom stereocenters. The lowest BCUT2D eigenvalue weighted by Gasteiger charge is -2.14. The van der Waals surface area contributed by atoms with E-state index in [0.717, 1.165) is 35.4 Å². The molecular formula is C34H26F2N2O8S. The number of phenolic OH excluding ortho intramolecular Hbond substituents is 1. The van der Waals surface area contributed by atoms with Gasteiger partial charge in [0.2, 0.25) is 0 Å². The average Bonchev–Trinajstić information content (AvgIpc) is 3.05. The van der Waals surface area contributed by atoms with Crippen LogP contribution < -0.4 is 19.5 Å². The number of carboxylic acids is 1. The van der Waals surface area contributed by atoms with Crippen molar-refractivity contribution in [1.82, 2.24) is 0 Å². The van der Waals surface area contributed by atoms with Crippen molar-refractivity contribution in [2.75, 3.05) is 17.1 Å². The molecule has 0 aromatic heterocycles. The van der Waals surface area contributed by atoms with Gasteiger partial charge in [-0.1, -0.05) is 36.4 Å². The Morgan fingerprint density at radius 3 is 2.26 bits per heavy atom. The van der Waals surface area contributed by atoms with E-state index >= 15 is 4.39 Å². The first kappa shape index (κ1) is 32.4. The van der Waals surface area contributed by atoms with Gasteiger partial charge in [0.05, 0.1) is 17.7 Å². The van der Waals surface area contributed by atoms with Gasteiger partial charge < -0.3 is 25.0 Å². The van der Waals surface area contributed by atoms with Crippen LogP contribution in [0.1, 0.15) is 26.3 Å². The van der Waals surface area contributed by atoms with Crippen molar-refractivity contribution in [3.05, 3.63) is 131 Å². The predicted octanol–water partition coefficient (Wildman–Crippen LogP) is 6.68. The van der Waals surface area contributed by atoms with E-state index in [-0.39, 0.29) is 28.5 Å². The van der Waals surface area contributed by atoms with Gasteiger partial charge in [0, 0.05) is 22.9 Å². The number of ether oxygens (including phenoxy) is 2. The van der Waals surface area contributed by atoms with Crippen molar-refractivity contribution in [1.29, 1.82) is 0 Å². The first-order chi connectivity index (χ1) is 22.4. The minimum atomic E-state index is -4.41. The molecule has 0 saturated heterocycles. The number of sulfonamides is 1. The molecule has 47 heavy (non-hydrogen) atoms. The van der Waals surface area contributed by atoms with Gasteiger partial charge in [-0.15, -0.1) is 0 Å². The molecule has 13 heteroatoms. The fourth-order valence-corrected chi connectivity index (χ4v) is 5.63. The SMILES string of the molecule is COc1ccc(S(=O)(=O)Nc2cccc(COc3ccc(NC(=O)c4cccc(-c5ccc(O)cc5)c4)cc3F)c2F)cc1C(=O)O. The number of carbonyl (C=O) groups excluding carboxylic acids is 1. The van der Waals surface area contributed by atoms with E-state index in [9.17, 15) is 32.6 Å². The van der Waals surface area contributed by atoms with Gasteiger partial charge in [-0.05, 0) is 71.8 Å². The molecule has 0 aliphatic carbocycles. The molecule has 240 valence electrons. The van der Waals surface area contributed by atoms with Crippen molar-refractivity contribution in [3.63, 3.8) is 0 Å². The highest BCUT2D eigenvalue weighted by Crippen LogP contribution is 2.28. The van der Waals surface area contributed by atoms with Crippen LogP contribution in [-0.2, 0) is 16.6 Å². The van der Waals surface area contributed by atoms with Crippen molar-refractivity contribution < 1.29 is 46.5 Å². The number of hydrogen-bond acceptors (Lipinski definition) is 7. The van der Waals surface area contributed by atoms with Gasteiger partial charge in [-0.2, -0.15) is 0 Å². The number of amides is 1. The summed E-state index contributed by atoms with van der Waals surface area (Å²) in [6.07, 6.45) is 0. The van der Waals surface area contributed by atoms with Crippen LogP contribution >= 0.6 is 0 Å². The molecule has 0 heterocycles. The Morgan fingerprint density at radius 2 is 1.55 bits per heavy atom. The van der Waals surface area contributed by atoms with Crippen molar-refractivity contribution in [3.8, 4) is 28.4 Å². The lowest BCUT2D eigenvalue weighted by atomic mass is 10.0. The normalized spacial score (nSPS) is 11.0. The molecule has 10 nitrogen and oxygen atoms in total. The number of carboxylic acid groups (broad SMARTS) is 1. The van der Waals surface area contributed by atoms with Crippen LogP contribution in [0.5, 0.6) is 17.2 Å². The van der Waals surface area contributed by atoms with Gasteiger partial charge in [0.1, 0.15) is 23.7 Å². The Labute approximate surface area is 267 Å². The minimum absolute atomic E-state index is 0.0545. The molecule has 0 aliphatic rings. The lowest BCUT2D eigenvalue weighted by Crippen LogP contribution is -2.16. The number of benzene rings is 5. The van der Waals surface area contributed by atoms with E-state index < -0.39 is 56.3 Å². The highest BCUT2D eigenvalue weighted by atomic mass is 32.2. The van der Waals surface area contributed by atoms with Crippen LogP contribution in [0.3, 0.4) is 0 Å². The molecule has 1 amide bonds. The Morgan fingerprint density at radius 1 is 0.830 bits per heavy atom. The van der Waals surface area contributed by atoms with Gasteiger partial charge in [-0.25, -0.2) is 22.0 Å². The maximum atomic E-state index is 15.3. The zero-order chi connectivity index (χ0) is 33.7. The Hall–Kier alpha value is -5.95. The quantitative estimate of drug-likeness (QED) is 0.123. The summed E-state index contributed by atoms with van der Waals surface area (Å²) in [7, 11) is -3.18. The Balaban J connectivity index is 1.25. The van der Waals surface area contributed by atoms with Crippen LogP contribution in [0.25, 0.3) is 11.1 Å².